The fourth-order valence-corrected chi connectivity index (χ4v) is 1.95. The lowest BCUT2D eigenvalue weighted by atomic mass is 9.90. The van der Waals surface area contributed by atoms with Crippen LogP contribution in [-0.2, 0) is 37.9 Å². The molecule has 32 heavy (non-hydrogen) atoms. The zero-order valence-electron chi connectivity index (χ0n) is 23.6. The summed E-state index contributed by atoms with van der Waals surface area (Å²) in [5.41, 5.74) is -0.264. The van der Waals surface area contributed by atoms with Gasteiger partial charge in [0.05, 0.1) is 23.4 Å². The molecule has 0 aromatic heterocycles. The minimum absolute atomic E-state index is 0.132. The van der Waals surface area contributed by atoms with Crippen LogP contribution in [0.5, 0.6) is 0 Å². The van der Waals surface area contributed by atoms with E-state index in [9.17, 15) is 0 Å². The molecule has 2 fully saturated rings. The van der Waals surface area contributed by atoms with E-state index in [0.717, 1.165) is 0 Å². The van der Waals surface area contributed by atoms with E-state index < -0.39 is 11.6 Å². The maximum Gasteiger partial charge on any atom is 0.163 e. The van der Waals surface area contributed by atoms with E-state index in [1.807, 2.05) is 83.1 Å². The normalized spacial score (nSPS) is 25.5. The van der Waals surface area contributed by atoms with E-state index >= 15 is 0 Å². The van der Waals surface area contributed by atoms with Crippen molar-refractivity contribution in [3.8, 4) is 0 Å². The molecule has 0 saturated carbocycles. The van der Waals surface area contributed by atoms with Crippen LogP contribution in [-0.4, -0.2) is 76.0 Å². The predicted octanol–water partition coefficient (Wildman–Crippen LogP) is 5.12. The van der Waals surface area contributed by atoms with Crippen LogP contribution in [0.4, 0.5) is 0 Å². The molecular formula is C24H52O8. The van der Waals surface area contributed by atoms with E-state index in [2.05, 4.69) is 0 Å². The fourth-order valence-electron chi connectivity index (χ4n) is 1.95. The number of rotatable bonds is 4. The summed E-state index contributed by atoms with van der Waals surface area (Å²) in [5, 5.41) is 0. The van der Waals surface area contributed by atoms with Gasteiger partial charge in [-0.2, -0.15) is 0 Å². The van der Waals surface area contributed by atoms with Crippen LogP contribution in [0.2, 0.25) is 0 Å². The molecule has 0 N–H and O–H groups in total. The van der Waals surface area contributed by atoms with Gasteiger partial charge in [-0.3, -0.25) is 0 Å². The van der Waals surface area contributed by atoms with Gasteiger partial charge >= 0.3 is 0 Å². The maximum atomic E-state index is 5.44. The molecule has 2 atom stereocenters. The first-order valence-corrected chi connectivity index (χ1v) is 11.1. The predicted molar refractivity (Wildman–Crippen MR) is 127 cm³/mol. The Balaban J connectivity index is 0. The molecule has 2 rings (SSSR count). The van der Waals surface area contributed by atoms with Gasteiger partial charge in [0.25, 0.3) is 0 Å². The van der Waals surface area contributed by atoms with Gasteiger partial charge in [-0.05, 0) is 83.1 Å². The lowest BCUT2D eigenvalue weighted by Gasteiger charge is -2.30. The fraction of sp³-hybridized carbons (Fsp3) is 1.00. The Bertz CT molecular complexity index is 446. The lowest BCUT2D eigenvalue weighted by Crippen LogP contribution is -2.41. The van der Waals surface area contributed by atoms with Crippen LogP contribution < -0.4 is 0 Å². The van der Waals surface area contributed by atoms with E-state index in [1.54, 1.807) is 28.4 Å². The van der Waals surface area contributed by atoms with Gasteiger partial charge in [0, 0.05) is 28.4 Å². The van der Waals surface area contributed by atoms with Gasteiger partial charge in [-0.25, -0.2) is 0 Å². The Labute approximate surface area is 197 Å². The molecule has 2 saturated heterocycles. The van der Waals surface area contributed by atoms with Gasteiger partial charge < -0.3 is 37.9 Å². The van der Waals surface area contributed by atoms with Crippen LogP contribution in [0.1, 0.15) is 83.1 Å². The van der Waals surface area contributed by atoms with Crippen molar-refractivity contribution in [2.75, 3.05) is 35.2 Å². The highest BCUT2D eigenvalue weighted by Gasteiger charge is 2.44. The van der Waals surface area contributed by atoms with E-state index in [-0.39, 0.29) is 29.2 Å². The van der Waals surface area contributed by atoms with Crippen LogP contribution >= 0.6 is 0 Å². The third-order valence-electron chi connectivity index (χ3n) is 5.86. The van der Waals surface area contributed by atoms with Gasteiger partial charge in [0.2, 0.25) is 0 Å². The van der Waals surface area contributed by atoms with Crippen LogP contribution in [0, 0.1) is 0 Å². The molecule has 0 aromatic rings. The molecule has 2 unspecified atom stereocenters. The average molecular weight is 469 g/mol. The third kappa shape index (κ3) is 13.4. The quantitative estimate of drug-likeness (QED) is 0.526. The van der Waals surface area contributed by atoms with Crippen molar-refractivity contribution in [3.63, 3.8) is 0 Å². The van der Waals surface area contributed by atoms with Crippen molar-refractivity contribution in [2.24, 2.45) is 0 Å². The highest BCUT2D eigenvalue weighted by Crippen LogP contribution is 2.34. The number of methoxy groups -OCH3 is 4. The second-order valence-corrected chi connectivity index (χ2v) is 10.1. The monoisotopic (exact) mass is 468 g/mol. The Morgan fingerprint density at radius 1 is 0.594 bits per heavy atom. The smallest absolute Gasteiger partial charge is 0.163 e. The minimum atomic E-state index is -0.417. The molecule has 2 heterocycles. The summed E-state index contributed by atoms with van der Waals surface area (Å²) >= 11 is 0. The molecule has 0 aromatic carbocycles. The molecule has 8 heteroatoms. The molecule has 8 nitrogen and oxygen atoms in total. The largest absolute Gasteiger partial charge is 0.354 e. The Hall–Kier alpha value is -0.320. The molecule has 0 aliphatic carbocycles. The maximum absolute atomic E-state index is 5.44. The SMILES string of the molecule is CC1(C)OCOC1(C)C.CC1OC(C)(C)OC1C.COC(C)(C)OC.COC(C)(C)OC. The van der Waals surface area contributed by atoms with Crippen LogP contribution in [0.3, 0.4) is 0 Å². The summed E-state index contributed by atoms with van der Waals surface area (Å²) in [5.74, 6) is -1.20. The Morgan fingerprint density at radius 2 is 0.844 bits per heavy atom. The van der Waals surface area contributed by atoms with E-state index in [1.165, 1.54) is 0 Å². The van der Waals surface area contributed by atoms with E-state index in [4.69, 9.17) is 37.9 Å². The van der Waals surface area contributed by atoms with Gasteiger partial charge in [-0.1, -0.05) is 0 Å². The summed E-state index contributed by atoms with van der Waals surface area (Å²) in [6.45, 7) is 23.9. The second kappa shape index (κ2) is 13.5. The summed E-state index contributed by atoms with van der Waals surface area (Å²) in [7, 11) is 6.46. The van der Waals surface area contributed by atoms with Gasteiger partial charge in [0.1, 0.15) is 6.79 Å². The van der Waals surface area contributed by atoms with Gasteiger partial charge in [-0.15, -0.1) is 0 Å². The first-order chi connectivity index (χ1) is 14.2. The van der Waals surface area contributed by atoms with Crippen molar-refractivity contribution in [1.29, 1.82) is 0 Å². The summed E-state index contributed by atoms with van der Waals surface area (Å²) in [4.78, 5) is 0. The zero-order chi connectivity index (χ0) is 26.0. The summed E-state index contributed by atoms with van der Waals surface area (Å²) in [6.07, 6.45) is 0.472. The average Bonchev–Trinajstić information content (AvgIpc) is 3.07. The molecule has 2 aliphatic rings. The number of hydrogen-bond donors (Lipinski definition) is 0. The Kier molecular flexibility index (Phi) is 14.3. The van der Waals surface area contributed by atoms with Crippen molar-refractivity contribution in [1.82, 2.24) is 0 Å². The standard InChI is InChI=1S/2C7H14O2.2C5H12O2/c1-6(2)7(3,4)9-5-8-6;1-5-6(2)9-7(3,4)8-5;2*1-5(2,6-3)7-4/h5H2,1-4H3;5-6H,1-4H3;2*1-4H3. The number of hydrogen-bond acceptors (Lipinski definition) is 8. The van der Waals surface area contributed by atoms with Crippen LogP contribution in [0.15, 0.2) is 0 Å². The molecule has 0 amide bonds. The van der Waals surface area contributed by atoms with Crippen LogP contribution in [0.25, 0.3) is 0 Å². The highest BCUT2D eigenvalue weighted by atomic mass is 16.8. The van der Waals surface area contributed by atoms with Crippen molar-refractivity contribution in [2.45, 2.75) is 124 Å². The molecule has 0 bridgehead atoms. The third-order valence-corrected chi connectivity index (χ3v) is 5.86. The molecule has 0 radical (unpaired) electrons. The molecule has 2 aliphatic heterocycles. The summed E-state index contributed by atoms with van der Waals surface area (Å²) in [6, 6.07) is 0. The van der Waals surface area contributed by atoms with Crippen molar-refractivity contribution in [3.05, 3.63) is 0 Å². The lowest BCUT2D eigenvalue weighted by molar-refractivity contribution is -0.179. The minimum Gasteiger partial charge on any atom is -0.354 e. The number of ether oxygens (including phenoxy) is 8. The first kappa shape index (κ1) is 33.9. The topological polar surface area (TPSA) is 73.8 Å². The molecule has 196 valence electrons. The van der Waals surface area contributed by atoms with E-state index in [0.29, 0.717) is 6.79 Å². The summed E-state index contributed by atoms with van der Waals surface area (Å²) < 4.78 is 41.0. The second-order valence-electron chi connectivity index (χ2n) is 10.1. The zero-order valence-corrected chi connectivity index (χ0v) is 23.6. The molecular weight excluding hydrogens is 416 g/mol. The van der Waals surface area contributed by atoms with Gasteiger partial charge in [0.15, 0.2) is 17.4 Å². The Morgan fingerprint density at radius 3 is 0.906 bits per heavy atom. The molecule has 0 spiro atoms. The van der Waals surface area contributed by atoms with Crippen molar-refractivity contribution < 1.29 is 37.9 Å². The first-order valence-electron chi connectivity index (χ1n) is 11.1. The van der Waals surface area contributed by atoms with Crippen molar-refractivity contribution >= 4 is 0 Å². The highest BCUT2D eigenvalue weighted by molar-refractivity contribution is 4.91.